The van der Waals surface area contributed by atoms with E-state index >= 15 is 0 Å². The molecule has 1 aromatic carbocycles. The average Bonchev–Trinajstić information content (AvgIpc) is 3.01. The van der Waals surface area contributed by atoms with Crippen LogP contribution in [0.3, 0.4) is 0 Å². The molecule has 1 fully saturated rings. The summed E-state index contributed by atoms with van der Waals surface area (Å²) in [5.74, 6) is 0.0728. The largest absolute Gasteiger partial charge is 0.308 e. The number of nitro groups is 1. The van der Waals surface area contributed by atoms with Crippen molar-refractivity contribution in [1.29, 1.82) is 0 Å². The van der Waals surface area contributed by atoms with Gasteiger partial charge in [-0.3, -0.25) is 24.5 Å². The third kappa shape index (κ3) is 3.69. The Morgan fingerprint density at radius 1 is 1.36 bits per heavy atom. The predicted octanol–water partition coefficient (Wildman–Crippen LogP) is 1.96. The van der Waals surface area contributed by atoms with Crippen LogP contribution in [-0.2, 0) is 18.4 Å². The fraction of sp³-hybridized carbons (Fsp3) is 0.412. The molecule has 1 amide bonds. The molecule has 2 aromatic rings. The van der Waals surface area contributed by atoms with Gasteiger partial charge >= 0.3 is 0 Å². The number of hydrogen-bond acceptors (Lipinski definition) is 5. The van der Waals surface area contributed by atoms with Crippen molar-refractivity contribution in [2.24, 2.45) is 7.05 Å². The van der Waals surface area contributed by atoms with Crippen molar-refractivity contribution in [1.82, 2.24) is 14.7 Å². The first-order chi connectivity index (χ1) is 12.0. The lowest BCUT2D eigenvalue weighted by molar-refractivity contribution is -0.384. The Kier molecular flexibility index (Phi) is 4.80. The Balaban J connectivity index is 1.69. The Morgan fingerprint density at radius 2 is 2.08 bits per heavy atom. The van der Waals surface area contributed by atoms with Crippen molar-refractivity contribution in [3.63, 3.8) is 0 Å². The van der Waals surface area contributed by atoms with E-state index in [2.05, 4.69) is 5.10 Å². The second-order valence-corrected chi connectivity index (χ2v) is 6.36. The maximum atomic E-state index is 12.9. The number of carbonyl (C=O) groups excluding carboxylic acids is 1. The molecule has 1 atom stereocenters. The molecule has 1 saturated heterocycles. The van der Waals surface area contributed by atoms with E-state index in [9.17, 15) is 14.9 Å². The topological polar surface area (TPSA) is 84.5 Å². The molecule has 0 bridgehead atoms. The monoisotopic (exact) mass is 343 g/mol. The minimum absolute atomic E-state index is 0.0721. The number of rotatable bonds is 5. The van der Waals surface area contributed by atoms with Gasteiger partial charge in [0.15, 0.2) is 0 Å². The zero-order chi connectivity index (χ0) is 18.0. The zero-order valence-corrected chi connectivity index (χ0v) is 14.3. The molecule has 1 aromatic heterocycles. The van der Waals surface area contributed by atoms with Crippen LogP contribution < -0.4 is 4.90 Å². The van der Waals surface area contributed by atoms with Gasteiger partial charge in [-0.1, -0.05) is 12.1 Å². The summed E-state index contributed by atoms with van der Waals surface area (Å²) in [6.07, 6.45) is 5.28. The number of nitrogens with zero attached hydrogens (tertiary/aromatic N) is 5. The lowest BCUT2D eigenvalue weighted by atomic mass is 10.0. The third-order valence-electron chi connectivity index (χ3n) is 4.52. The van der Waals surface area contributed by atoms with Crippen LogP contribution in [0.5, 0.6) is 0 Å². The summed E-state index contributed by atoms with van der Waals surface area (Å²) in [7, 11) is 3.74. The van der Waals surface area contributed by atoms with Crippen LogP contribution in [0.2, 0.25) is 0 Å². The van der Waals surface area contributed by atoms with Gasteiger partial charge in [-0.2, -0.15) is 5.10 Å². The number of piperidine rings is 1. The van der Waals surface area contributed by atoms with Crippen LogP contribution in [0.4, 0.5) is 11.4 Å². The number of likely N-dealkylation sites (N-methyl/N-ethyl adjacent to an activating group) is 1. The van der Waals surface area contributed by atoms with Crippen molar-refractivity contribution in [3.8, 4) is 0 Å². The molecule has 25 heavy (non-hydrogen) atoms. The van der Waals surface area contributed by atoms with Gasteiger partial charge in [0.1, 0.15) is 0 Å². The molecule has 8 nitrogen and oxygen atoms in total. The number of aryl methyl sites for hydroxylation is 1. The van der Waals surface area contributed by atoms with Crippen molar-refractivity contribution < 1.29 is 9.72 Å². The van der Waals surface area contributed by atoms with Crippen molar-refractivity contribution in [2.75, 3.05) is 18.5 Å². The molecule has 1 aliphatic rings. The molecule has 0 radical (unpaired) electrons. The van der Waals surface area contributed by atoms with Crippen LogP contribution >= 0.6 is 0 Å². The SMILES string of the molecule is CN(Cc1ccc([N+](=O)[O-])cc1)C1CCCN(c2cnn(C)c2)C1=O. The fourth-order valence-electron chi connectivity index (χ4n) is 3.19. The summed E-state index contributed by atoms with van der Waals surface area (Å²) < 4.78 is 1.69. The summed E-state index contributed by atoms with van der Waals surface area (Å²) in [5.41, 5.74) is 1.84. The molecule has 0 aliphatic carbocycles. The van der Waals surface area contributed by atoms with Gasteiger partial charge < -0.3 is 4.90 Å². The van der Waals surface area contributed by atoms with Gasteiger partial charge in [0.25, 0.3) is 5.69 Å². The molecular formula is C17H21N5O3. The highest BCUT2D eigenvalue weighted by Crippen LogP contribution is 2.24. The Morgan fingerprint density at radius 3 is 2.68 bits per heavy atom. The fourth-order valence-corrected chi connectivity index (χ4v) is 3.19. The first-order valence-electron chi connectivity index (χ1n) is 8.19. The summed E-state index contributed by atoms with van der Waals surface area (Å²) in [5, 5.41) is 14.9. The van der Waals surface area contributed by atoms with Crippen LogP contribution in [0.1, 0.15) is 18.4 Å². The second-order valence-electron chi connectivity index (χ2n) is 6.36. The third-order valence-corrected chi connectivity index (χ3v) is 4.52. The van der Waals surface area contributed by atoms with Gasteiger partial charge in [-0.05, 0) is 25.5 Å². The van der Waals surface area contributed by atoms with Crippen LogP contribution in [0.15, 0.2) is 36.7 Å². The highest BCUT2D eigenvalue weighted by Gasteiger charge is 2.32. The van der Waals surface area contributed by atoms with Gasteiger partial charge in [0, 0.05) is 38.5 Å². The predicted molar refractivity (Wildman–Crippen MR) is 93.1 cm³/mol. The van der Waals surface area contributed by atoms with Crippen LogP contribution in [-0.4, -0.2) is 45.1 Å². The number of carbonyl (C=O) groups is 1. The zero-order valence-electron chi connectivity index (χ0n) is 14.3. The highest BCUT2D eigenvalue weighted by atomic mass is 16.6. The van der Waals surface area contributed by atoms with Crippen LogP contribution in [0, 0.1) is 10.1 Å². The summed E-state index contributed by atoms with van der Waals surface area (Å²) in [4.78, 5) is 27.0. The quantitative estimate of drug-likeness (QED) is 0.612. The minimum atomic E-state index is -0.413. The smallest absolute Gasteiger partial charge is 0.269 e. The van der Waals surface area contributed by atoms with Crippen LogP contribution in [0.25, 0.3) is 0 Å². The first kappa shape index (κ1) is 17.1. The number of nitro benzene ring substituents is 1. The number of non-ortho nitro benzene ring substituents is 1. The van der Waals surface area contributed by atoms with E-state index in [-0.39, 0.29) is 17.6 Å². The molecule has 132 valence electrons. The highest BCUT2D eigenvalue weighted by molar-refractivity contribution is 5.97. The molecule has 1 aliphatic heterocycles. The number of anilines is 1. The summed E-state index contributed by atoms with van der Waals surface area (Å²) >= 11 is 0. The van der Waals surface area contributed by atoms with E-state index in [4.69, 9.17) is 0 Å². The Hall–Kier alpha value is -2.74. The summed E-state index contributed by atoms with van der Waals surface area (Å²) in [6, 6.07) is 6.26. The van der Waals surface area contributed by atoms with Crippen molar-refractivity contribution in [2.45, 2.75) is 25.4 Å². The first-order valence-corrected chi connectivity index (χ1v) is 8.19. The molecule has 2 heterocycles. The van der Waals surface area contributed by atoms with E-state index in [1.54, 1.807) is 27.9 Å². The molecule has 0 spiro atoms. The van der Waals surface area contributed by atoms with E-state index in [1.165, 1.54) is 12.1 Å². The Labute approximate surface area is 145 Å². The number of aromatic nitrogens is 2. The second kappa shape index (κ2) is 7.02. The molecule has 1 unspecified atom stereocenters. The van der Waals surface area contributed by atoms with Gasteiger partial charge in [-0.15, -0.1) is 0 Å². The molecule has 8 heteroatoms. The van der Waals surface area contributed by atoms with E-state index < -0.39 is 4.92 Å². The van der Waals surface area contributed by atoms with Gasteiger partial charge in [-0.25, -0.2) is 0 Å². The summed E-state index contributed by atoms with van der Waals surface area (Å²) in [6.45, 7) is 1.27. The normalized spacial score (nSPS) is 18.0. The number of amides is 1. The maximum Gasteiger partial charge on any atom is 0.269 e. The molecule has 0 N–H and O–H groups in total. The van der Waals surface area contributed by atoms with E-state index in [0.29, 0.717) is 13.1 Å². The van der Waals surface area contributed by atoms with Gasteiger partial charge in [0.05, 0.1) is 22.8 Å². The average molecular weight is 343 g/mol. The van der Waals surface area contributed by atoms with E-state index in [0.717, 1.165) is 24.1 Å². The standard InChI is InChI=1S/C17H21N5O3/c1-19(11-13-5-7-14(8-6-13)22(24)25)16-4-3-9-21(17(16)23)15-10-18-20(2)12-15/h5-8,10,12,16H,3-4,9,11H2,1-2H3. The van der Waals surface area contributed by atoms with E-state index in [1.807, 2.05) is 25.2 Å². The molecular weight excluding hydrogens is 322 g/mol. The Bertz CT molecular complexity index is 771. The lowest BCUT2D eigenvalue weighted by Gasteiger charge is -2.36. The number of hydrogen-bond donors (Lipinski definition) is 0. The van der Waals surface area contributed by atoms with Crippen molar-refractivity contribution in [3.05, 3.63) is 52.3 Å². The molecule has 3 rings (SSSR count). The lowest BCUT2D eigenvalue weighted by Crippen LogP contribution is -2.51. The van der Waals surface area contributed by atoms with Gasteiger partial charge in [0.2, 0.25) is 5.91 Å². The maximum absolute atomic E-state index is 12.9. The van der Waals surface area contributed by atoms with Crippen molar-refractivity contribution >= 4 is 17.3 Å². The minimum Gasteiger partial charge on any atom is -0.308 e. The molecule has 0 saturated carbocycles. The number of benzene rings is 1.